The lowest BCUT2D eigenvalue weighted by Gasteiger charge is -2.26. The molecule has 0 bridgehead atoms. The fourth-order valence-corrected chi connectivity index (χ4v) is 3.32. The highest BCUT2D eigenvalue weighted by Crippen LogP contribution is 2.26. The van der Waals surface area contributed by atoms with E-state index in [-0.39, 0.29) is 25.0 Å². The maximum absolute atomic E-state index is 12.2. The monoisotopic (exact) mass is 332 g/mol. The van der Waals surface area contributed by atoms with Crippen LogP contribution in [0, 0.1) is 0 Å². The second kappa shape index (κ2) is 7.77. The van der Waals surface area contributed by atoms with Gasteiger partial charge >= 0.3 is 0 Å². The fraction of sp³-hybridized carbons (Fsp3) is 0.556. The van der Waals surface area contributed by atoms with Crippen LogP contribution in [0.2, 0.25) is 0 Å². The molecule has 0 radical (unpaired) electrons. The molecule has 2 aliphatic rings. The molecule has 3 rings (SSSR count). The van der Waals surface area contributed by atoms with E-state index in [1.807, 2.05) is 0 Å². The zero-order chi connectivity index (χ0) is 16.9. The second-order valence-electron chi connectivity index (χ2n) is 6.30. The summed E-state index contributed by atoms with van der Waals surface area (Å²) in [5.41, 5.74) is 0.746. The summed E-state index contributed by atoms with van der Waals surface area (Å²) in [6.07, 6.45) is 4.85. The van der Waals surface area contributed by atoms with Crippen molar-refractivity contribution in [3.8, 4) is 5.75 Å². The van der Waals surface area contributed by atoms with E-state index < -0.39 is 0 Å². The van der Waals surface area contributed by atoms with Crippen LogP contribution in [0.15, 0.2) is 18.2 Å². The number of benzene rings is 1. The highest BCUT2D eigenvalue weighted by molar-refractivity contribution is 6.21. The first-order valence-electron chi connectivity index (χ1n) is 8.67. The van der Waals surface area contributed by atoms with Crippen molar-refractivity contribution in [3.63, 3.8) is 0 Å². The molecule has 0 aliphatic carbocycles. The lowest BCUT2D eigenvalue weighted by Crippen LogP contribution is -2.32. The van der Waals surface area contributed by atoms with Crippen molar-refractivity contribution in [1.82, 2.24) is 9.80 Å². The van der Waals surface area contributed by atoms with E-state index in [2.05, 4.69) is 4.90 Å². The molecule has 1 saturated heterocycles. The lowest BCUT2D eigenvalue weighted by atomic mass is 10.1. The normalized spacial score (nSPS) is 18.1. The molecule has 1 fully saturated rings. The second-order valence-corrected chi connectivity index (χ2v) is 6.30. The van der Waals surface area contributed by atoms with Crippen molar-refractivity contribution in [2.24, 2.45) is 0 Å². The Morgan fingerprint density at radius 2 is 1.75 bits per heavy atom. The molecule has 0 aromatic heterocycles. The van der Waals surface area contributed by atoms with Gasteiger partial charge in [-0.3, -0.25) is 14.5 Å². The van der Waals surface area contributed by atoms with Crippen LogP contribution in [-0.2, 0) is 0 Å². The minimum Gasteiger partial charge on any atom is -0.494 e. The molecule has 6 heteroatoms. The van der Waals surface area contributed by atoms with Gasteiger partial charge < -0.3 is 14.7 Å². The summed E-state index contributed by atoms with van der Waals surface area (Å²) in [6.45, 7) is 3.78. The Morgan fingerprint density at radius 1 is 1.00 bits per heavy atom. The Kier molecular flexibility index (Phi) is 5.48. The van der Waals surface area contributed by atoms with Gasteiger partial charge in [-0.1, -0.05) is 6.42 Å². The number of amides is 2. The Balaban J connectivity index is 1.53. The summed E-state index contributed by atoms with van der Waals surface area (Å²) in [5.74, 6) is -0.0945. The number of carbonyl (C=O) groups excluding carboxylic acids is 2. The van der Waals surface area contributed by atoms with Crippen molar-refractivity contribution in [2.75, 3.05) is 39.4 Å². The molecule has 2 heterocycles. The van der Waals surface area contributed by atoms with Gasteiger partial charge in [0.15, 0.2) is 0 Å². The van der Waals surface area contributed by atoms with Gasteiger partial charge in [-0.2, -0.15) is 0 Å². The zero-order valence-corrected chi connectivity index (χ0v) is 13.9. The molecule has 0 atom stereocenters. The van der Waals surface area contributed by atoms with Gasteiger partial charge in [0.1, 0.15) is 5.75 Å². The van der Waals surface area contributed by atoms with E-state index in [1.165, 1.54) is 32.4 Å². The molecular weight excluding hydrogens is 308 g/mol. The molecule has 0 unspecified atom stereocenters. The highest BCUT2D eigenvalue weighted by Gasteiger charge is 2.35. The standard InChI is InChI=1S/C18H24N2O4/c21-11-10-20-17(22)15-6-5-14(13-16(15)18(20)23)24-12-4-9-19-7-2-1-3-8-19/h5-6,13,21H,1-4,7-12H2. The third-order valence-electron chi connectivity index (χ3n) is 4.60. The molecule has 2 aliphatic heterocycles. The number of nitrogens with zero attached hydrogens (tertiary/aromatic N) is 2. The summed E-state index contributed by atoms with van der Waals surface area (Å²) in [6, 6.07) is 4.99. The summed E-state index contributed by atoms with van der Waals surface area (Å²) in [4.78, 5) is 27.8. The minimum atomic E-state index is -0.359. The van der Waals surface area contributed by atoms with E-state index in [4.69, 9.17) is 9.84 Å². The van der Waals surface area contributed by atoms with E-state index in [1.54, 1.807) is 18.2 Å². The summed E-state index contributed by atoms with van der Waals surface area (Å²) >= 11 is 0. The van der Waals surface area contributed by atoms with E-state index in [9.17, 15) is 9.59 Å². The van der Waals surface area contributed by atoms with Gasteiger partial charge in [0.2, 0.25) is 0 Å². The fourth-order valence-electron chi connectivity index (χ4n) is 3.32. The van der Waals surface area contributed by atoms with Crippen molar-refractivity contribution in [1.29, 1.82) is 0 Å². The van der Waals surface area contributed by atoms with Crippen LogP contribution in [0.3, 0.4) is 0 Å². The first kappa shape index (κ1) is 16.9. The molecule has 2 amide bonds. The number of β-amino-alcohol motifs (C(OH)–C–C–N with tert-alkyl or cyclic N) is 1. The third kappa shape index (κ3) is 3.60. The summed E-state index contributed by atoms with van der Waals surface area (Å²) in [7, 11) is 0. The largest absolute Gasteiger partial charge is 0.494 e. The summed E-state index contributed by atoms with van der Waals surface area (Å²) < 4.78 is 5.74. The SMILES string of the molecule is O=C1c2ccc(OCCCN3CCCCC3)cc2C(=O)N1CCO. The minimum absolute atomic E-state index is 0.0262. The molecule has 1 aromatic carbocycles. The van der Waals surface area contributed by atoms with Gasteiger partial charge in [0.05, 0.1) is 30.9 Å². The molecule has 24 heavy (non-hydrogen) atoms. The molecular formula is C18H24N2O4. The number of rotatable bonds is 7. The van der Waals surface area contributed by atoms with Gasteiger partial charge in [-0.05, 0) is 50.6 Å². The maximum atomic E-state index is 12.2. The predicted molar refractivity (Wildman–Crippen MR) is 89.3 cm³/mol. The molecule has 6 nitrogen and oxygen atoms in total. The molecule has 0 spiro atoms. The van der Waals surface area contributed by atoms with Crippen LogP contribution in [0.25, 0.3) is 0 Å². The van der Waals surface area contributed by atoms with Crippen molar-refractivity contribution >= 4 is 11.8 Å². The smallest absolute Gasteiger partial charge is 0.261 e. The van der Waals surface area contributed by atoms with Gasteiger partial charge in [-0.25, -0.2) is 0 Å². The Bertz CT molecular complexity index is 611. The van der Waals surface area contributed by atoms with E-state index in [0.29, 0.717) is 23.5 Å². The number of hydrogen-bond donors (Lipinski definition) is 1. The quantitative estimate of drug-likeness (QED) is 0.606. The van der Waals surface area contributed by atoms with E-state index >= 15 is 0 Å². The average Bonchev–Trinajstić information content (AvgIpc) is 2.85. The van der Waals surface area contributed by atoms with Crippen LogP contribution < -0.4 is 4.74 Å². The molecule has 0 saturated carbocycles. The average molecular weight is 332 g/mol. The van der Waals surface area contributed by atoms with Gasteiger partial charge in [0, 0.05) is 6.54 Å². The zero-order valence-electron chi connectivity index (χ0n) is 13.9. The molecule has 130 valence electrons. The van der Waals surface area contributed by atoms with Crippen molar-refractivity contribution < 1.29 is 19.4 Å². The number of likely N-dealkylation sites (tertiary alicyclic amines) is 1. The predicted octanol–water partition coefficient (Wildman–Crippen LogP) is 1.53. The maximum Gasteiger partial charge on any atom is 0.261 e. The number of carbonyl (C=O) groups is 2. The summed E-state index contributed by atoms with van der Waals surface area (Å²) in [5, 5.41) is 8.97. The van der Waals surface area contributed by atoms with Crippen LogP contribution in [0.5, 0.6) is 5.75 Å². The van der Waals surface area contributed by atoms with Crippen LogP contribution in [0.1, 0.15) is 46.4 Å². The Labute approximate surface area is 142 Å². The number of hydrogen-bond acceptors (Lipinski definition) is 5. The first-order valence-corrected chi connectivity index (χ1v) is 8.67. The molecule has 1 aromatic rings. The number of aliphatic hydroxyl groups is 1. The van der Waals surface area contributed by atoms with Crippen molar-refractivity contribution in [2.45, 2.75) is 25.7 Å². The lowest BCUT2D eigenvalue weighted by molar-refractivity contribution is 0.0624. The third-order valence-corrected chi connectivity index (χ3v) is 4.60. The number of fused-ring (bicyclic) bond motifs is 1. The number of ether oxygens (including phenoxy) is 1. The van der Waals surface area contributed by atoms with Crippen LogP contribution in [0.4, 0.5) is 0 Å². The number of aliphatic hydroxyl groups excluding tert-OH is 1. The van der Waals surface area contributed by atoms with E-state index in [0.717, 1.165) is 17.9 Å². The Morgan fingerprint density at radius 3 is 2.50 bits per heavy atom. The number of imide groups is 1. The first-order chi connectivity index (χ1) is 11.7. The Hall–Kier alpha value is -1.92. The number of piperidine rings is 1. The molecule has 1 N–H and O–H groups in total. The highest BCUT2D eigenvalue weighted by atomic mass is 16.5. The van der Waals surface area contributed by atoms with Crippen LogP contribution >= 0.6 is 0 Å². The topological polar surface area (TPSA) is 70.1 Å². The van der Waals surface area contributed by atoms with Gasteiger partial charge in [0.25, 0.3) is 11.8 Å². The van der Waals surface area contributed by atoms with Crippen molar-refractivity contribution in [3.05, 3.63) is 29.3 Å². The van der Waals surface area contributed by atoms with Crippen LogP contribution in [-0.4, -0.2) is 66.1 Å². The van der Waals surface area contributed by atoms with Gasteiger partial charge in [-0.15, -0.1) is 0 Å².